The molecule has 0 aliphatic carbocycles. The van der Waals surface area contributed by atoms with Crippen molar-refractivity contribution in [2.45, 2.75) is 6.92 Å². The number of carbonyl (C=O) groups excluding carboxylic acids is 1. The van der Waals surface area contributed by atoms with Gasteiger partial charge in [0.25, 0.3) is 5.91 Å². The largest absolute Gasteiger partial charge is 0.481 e. The Balaban J connectivity index is 1.97. The first kappa shape index (κ1) is 15.3. The molecule has 2 rings (SSSR count). The molecular weight excluding hydrogens is 300 g/mol. The van der Waals surface area contributed by atoms with E-state index in [-0.39, 0.29) is 5.75 Å². The number of amides is 1. The van der Waals surface area contributed by atoms with Crippen molar-refractivity contribution in [1.29, 1.82) is 0 Å². The maximum atomic E-state index is 13.3. The summed E-state index contributed by atoms with van der Waals surface area (Å²) in [5.74, 6) is -2.22. The smallest absolute Gasteiger partial charge is 0.262 e. The minimum Gasteiger partial charge on any atom is -0.481 e. The summed E-state index contributed by atoms with van der Waals surface area (Å²) in [6.07, 6.45) is 0. The van der Waals surface area contributed by atoms with Crippen LogP contribution in [0.2, 0.25) is 5.02 Å². The molecule has 0 heterocycles. The maximum Gasteiger partial charge on any atom is 0.262 e. The fraction of sp³-hybridized carbons (Fsp3) is 0.133. The van der Waals surface area contributed by atoms with Crippen LogP contribution in [0.4, 0.5) is 14.5 Å². The minimum atomic E-state index is -0.860. The number of benzene rings is 2. The minimum absolute atomic E-state index is 0.186. The highest BCUT2D eigenvalue weighted by molar-refractivity contribution is 6.31. The molecule has 0 unspecified atom stereocenters. The van der Waals surface area contributed by atoms with E-state index in [1.54, 1.807) is 18.2 Å². The lowest BCUT2D eigenvalue weighted by atomic mass is 10.2. The van der Waals surface area contributed by atoms with E-state index in [4.69, 9.17) is 16.3 Å². The van der Waals surface area contributed by atoms with Crippen LogP contribution in [-0.4, -0.2) is 12.5 Å². The van der Waals surface area contributed by atoms with Gasteiger partial charge in [0.05, 0.1) is 0 Å². The number of halogens is 3. The Morgan fingerprint density at radius 2 is 2.00 bits per heavy atom. The number of ether oxygens (including phenoxy) is 1. The molecule has 110 valence electrons. The van der Waals surface area contributed by atoms with Gasteiger partial charge in [-0.25, -0.2) is 8.78 Å². The number of hydrogen-bond acceptors (Lipinski definition) is 2. The van der Waals surface area contributed by atoms with Gasteiger partial charge >= 0.3 is 0 Å². The summed E-state index contributed by atoms with van der Waals surface area (Å²) >= 11 is 5.84. The van der Waals surface area contributed by atoms with E-state index < -0.39 is 24.1 Å². The van der Waals surface area contributed by atoms with E-state index >= 15 is 0 Å². The fourth-order valence-corrected chi connectivity index (χ4v) is 1.82. The van der Waals surface area contributed by atoms with E-state index in [9.17, 15) is 13.6 Å². The van der Waals surface area contributed by atoms with Crippen molar-refractivity contribution in [3.63, 3.8) is 0 Å². The highest BCUT2D eigenvalue weighted by Gasteiger charge is 2.09. The van der Waals surface area contributed by atoms with E-state index in [1.165, 1.54) is 0 Å². The zero-order chi connectivity index (χ0) is 15.4. The monoisotopic (exact) mass is 311 g/mol. The Labute approximate surface area is 125 Å². The molecule has 3 nitrogen and oxygen atoms in total. The molecule has 0 atom stereocenters. The van der Waals surface area contributed by atoms with Gasteiger partial charge in [-0.15, -0.1) is 0 Å². The third kappa shape index (κ3) is 4.16. The molecule has 2 aromatic carbocycles. The zero-order valence-electron chi connectivity index (χ0n) is 11.1. The predicted octanol–water partition coefficient (Wildman–Crippen LogP) is 3.94. The molecule has 0 saturated carbocycles. The summed E-state index contributed by atoms with van der Waals surface area (Å²) in [6, 6.07) is 7.94. The number of hydrogen-bond donors (Lipinski definition) is 1. The van der Waals surface area contributed by atoms with Crippen LogP contribution in [0.3, 0.4) is 0 Å². The van der Waals surface area contributed by atoms with Gasteiger partial charge in [-0.3, -0.25) is 4.79 Å². The third-order valence-corrected chi connectivity index (χ3v) is 2.96. The van der Waals surface area contributed by atoms with Crippen LogP contribution < -0.4 is 10.1 Å². The SMILES string of the molecule is Cc1ccc(Cl)cc1NC(=O)COc1ccc(F)cc1F. The fourth-order valence-electron chi connectivity index (χ4n) is 1.65. The molecule has 0 fully saturated rings. The lowest BCUT2D eigenvalue weighted by Crippen LogP contribution is -2.21. The topological polar surface area (TPSA) is 38.3 Å². The van der Waals surface area contributed by atoms with Crippen LogP contribution in [0, 0.1) is 18.6 Å². The highest BCUT2D eigenvalue weighted by Crippen LogP contribution is 2.21. The first-order chi connectivity index (χ1) is 9.95. The summed E-state index contributed by atoms with van der Waals surface area (Å²) in [5, 5.41) is 3.09. The Morgan fingerprint density at radius 3 is 2.71 bits per heavy atom. The average molecular weight is 312 g/mol. The summed E-state index contributed by atoms with van der Waals surface area (Å²) in [4.78, 5) is 11.8. The molecule has 0 radical (unpaired) electrons. The molecule has 0 aliphatic heterocycles. The quantitative estimate of drug-likeness (QED) is 0.928. The van der Waals surface area contributed by atoms with Gasteiger partial charge < -0.3 is 10.1 Å². The molecule has 0 aromatic heterocycles. The summed E-state index contributed by atoms with van der Waals surface area (Å²) in [6.45, 7) is 1.42. The van der Waals surface area contributed by atoms with Crippen LogP contribution in [0.1, 0.15) is 5.56 Å². The molecule has 21 heavy (non-hydrogen) atoms. The van der Waals surface area contributed by atoms with Crippen molar-refractivity contribution < 1.29 is 18.3 Å². The Kier molecular flexibility index (Phi) is 4.75. The van der Waals surface area contributed by atoms with Crippen molar-refractivity contribution in [3.05, 3.63) is 58.6 Å². The summed E-state index contributed by atoms with van der Waals surface area (Å²) in [7, 11) is 0. The second-order valence-electron chi connectivity index (χ2n) is 4.37. The van der Waals surface area contributed by atoms with Gasteiger partial charge in [0.15, 0.2) is 18.2 Å². The normalized spacial score (nSPS) is 10.3. The van der Waals surface area contributed by atoms with E-state index in [2.05, 4.69) is 5.32 Å². The Morgan fingerprint density at radius 1 is 1.24 bits per heavy atom. The standard InChI is InChI=1S/C15H12ClF2NO2/c1-9-2-3-10(16)6-13(9)19-15(20)8-21-14-5-4-11(17)7-12(14)18/h2-7H,8H2,1H3,(H,19,20). The first-order valence-electron chi connectivity index (χ1n) is 6.09. The molecular formula is C15H12ClF2NO2. The van der Waals surface area contributed by atoms with E-state index in [1.807, 2.05) is 6.92 Å². The van der Waals surface area contributed by atoms with Crippen LogP contribution in [0.5, 0.6) is 5.75 Å². The second kappa shape index (κ2) is 6.54. The van der Waals surface area contributed by atoms with Crippen LogP contribution in [-0.2, 0) is 4.79 Å². The molecule has 0 bridgehead atoms. The van der Waals surface area contributed by atoms with Gasteiger partial charge in [0.1, 0.15) is 5.82 Å². The molecule has 2 aromatic rings. The highest BCUT2D eigenvalue weighted by atomic mass is 35.5. The van der Waals surface area contributed by atoms with Gasteiger partial charge in [-0.1, -0.05) is 17.7 Å². The molecule has 0 saturated heterocycles. The predicted molar refractivity (Wildman–Crippen MR) is 76.7 cm³/mol. The zero-order valence-corrected chi connectivity index (χ0v) is 11.9. The molecule has 1 amide bonds. The molecule has 0 spiro atoms. The second-order valence-corrected chi connectivity index (χ2v) is 4.81. The molecule has 1 N–H and O–H groups in total. The molecule has 0 aliphatic rings. The average Bonchev–Trinajstić information content (AvgIpc) is 2.42. The maximum absolute atomic E-state index is 13.3. The van der Waals surface area contributed by atoms with Crippen molar-refractivity contribution in [2.75, 3.05) is 11.9 Å². The number of nitrogens with one attached hydrogen (secondary N) is 1. The number of carbonyl (C=O) groups is 1. The lowest BCUT2D eigenvalue weighted by molar-refractivity contribution is -0.118. The van der Waals surface area contributed by atoms with E-state index in [0.717, 1.165) is 17.7 Å². The summed E-state index contributed by atoms with van der Waals surface area (Å²) in [5.41, 5.74) is 1.39. The molecule has 6 heteroatoms. The number of rotatable bonds is 4. The van der Waals surface area contributed by atoms with Crippen molar-refractivity contribution in [1.82, 2.24) is 0 Å². The Hall–Kier alpha value is -2.14. The van der Waals surface area contributed by atoms with Crippen LogP contribution in [0.15, 0.2) is 36.4 Å². The number of anilines is 1. The van der Waals surface area contributed by atoms with E-state index in [0.29, 0.717) is 16.8 Å². The summed E-state index contributed by atoms with van der Waals surface area (Å²) < 4.78 is 31.1. The third-order valence-electron chi connectivity index (χ3n) is 2.73. The van der Waals surface area contributed by atoms with Gasteiger partial charge in [0.2, 0.25) is 0 Å². The van der Waals surface area contributed by atoms with Crippen molar-refractivity contribution in [2.24, 2.45) is 0 Å². The van der Waals surface area contributed by atoms with Crippen LogP contribution in [0.25, 0.3) is 0 Å². The van der Waals surface area contributed by atoms with Gasteiger partial charge in [-0.2, -0.15) is 0 Å². The lowest BCUT2D eigenvalue weighted by Gasteiger charge is -2.10. The van der Waals surface area contributed by atoms with Crippen molar-refractivity contribution >= 4 is 23.2 Å². The Bertz CT molecular complexity index is 677. The number of aryl methyl sites for hydroxylation is 1. The van der Waals surface area contributed by atoms with Crippen LogP contribution >= 0.6 is 11.6 Å². The van der Waals surface area contributed by atoms with Crippen molar-refractivity contribution in [3.8, 4) is 5.75 Å². The first-order valence-corrected chi connectivity index (χ1v) is 6.47. The van der Waals surface area contributed by atoms with Gasteiger partial charge in [-0.05, 0) is 36.8 Å². The van der Waals surface area contributed by atoms with Gasteiger partial charge in [0, 0.05) is 16.8 Å².